The number of hydrogen-bond acceptors (Lipinski definition) is 2. The highest BCUT2D eigenvalue weighted by molar-refractivity contribution is 5.80. The van der Waals surface area contributed by atoms with Crippen LogP contribution in [0.2, 0.25) is 0 Å². The first-order chi connectivity index (χ1) is 8.33. The van der Waals surface area contributed by atoms with E-state index < -0.39 is 0 Å². The van der Waals surface area contributed by atoms with Crippen molar-refractivity contribution in [2.24, 2.45) is 4.99 Å². The average molecular weight is 222 g/mol. The van der Waals surface area contributed by atoms with Gasteiger partial charge in [-0.3, -0.25) is 9.98 Å². The van der Waals surface area contributed by atoms with Crippen molar-refractivity contribution in [3.63, 3.8) is 0 Å². The van der Waals surface area contributed by atoms with E-state index in [4.69, 9.17) is 0 Å². The molecule has 1 aliphatic rings. The Morgan fingerprint density at radius 1 is 1.24 bits per heavy atom. The van der Waals surface area contributed by atoms with E-state index in [1.165, 1.54) is 16.5 Å². The van der Waals surface area contributed by atoms with Crippen LogP contribution < -0.4 is 0 Å². The van der Waals surface area contributed by atoms with Crippen LogP contribution in [0.1, 0.15) is 24.9 Å². The first-order valence-corrected chi connectivity index (χ1v) is 5.87. The molecule has 0 N–H and O–H groups in total. The van der Waals surface area contributed by atoms with Crippen LogP contribution in [-0.4, -0.2) is 11.2 Å². The first kappa shape index (κ1) is 10.2. The predicted molar refractivity (Wildman–Crippen MR) is 71.4 cm³/mol. The SMILES string of the molecule is CC1=CCC(c2cnc3ccccc3c2)N=C1. The molecule has 0 amide bonds. The van der Waals surface area contributed by atoms with Gasteiger partial charge >= 0.3 is 0 Å². The van der Waals surface area contributed by atoms with Gasteiger partial charge in [0.05, 0.1) is 11.6 Å². The minimum atomic E-state index is 0.232. The third-order valence-electron chi connectivity index (χ3n) is 3.12. The maximum atomic E-state index is 4.55. The Morgan fingerprint density at radius 2 is 2.12 bits per heavy atom. The van der Waals surface area contributed by atoms with Crippen molar-refractivity contribution >= 4 is 17.1 Å². The number of benzene rings is 1. The molecule has 0 fully saturated rings. The van der Waals surface area contributed by atoms with Crippen LogP contribution in [0.15, 0.2) is 53.2 Å². The second-order valence-corrected chi connectivity index (χ2v) is 4.44. The van der Waals surface area contributed by atoms with E-state index in [1.807, 2.05) is 30.6 Å². The molecule has 1 unspecified atom stereocenters. The Balaban J connectivity index is 1.99. The zero-order valence-electron chi connectivity index (χ0n) is 9.80. The lowest BCUT2D eigenvalue weighted by Gasteiger charge is -2.14. The van der Waals surface area contributed by atoms with E-state index >= 15 is 0 Å². The zero-order valence-corrected chi connectivity index (χ0v) is 9.80. The van der Waals surface area contributed by atoms with E-state index in [-0.39, 0.29) is 6.04 Å². The van der Waals surface area contributed by atoms with Gasteiger partial charge in [-0.05, 0) is 36.6 Å². The smallest absolute Gasteiger partial charge is 0.0798 e. The molecule has 2 heterocycles. The Bertz CT molecular complexity index is 611. The van der Waals surface area contributed by atoms with Crippen molar-refractivity contribution in [3.8, 4) is 0 Å². The number of para-hydroxylation sites is 1. The minimum absolute atomic E-state index is 0.232. The molecule has 1 aromatic heterocycles. The van der Waals surface area contributed by atoms with Crippen LogP contribution in [0.25, 0.3) is 10.9 Å². The topological polar surface area (TPSA) is 25.2 Å². The molecule has 3 rings (SSSR count). The number of allylic oxidation sites excluding steroid dienone is 1. The summed E-state index contributed by atoms with van der Waals surface area (Å²) in [5.74, 6) is 0. The van der Waals surface area contributed by atoms with Gasteiger partial charge in [0.1, 0.15) is 0 Å². The van der Waals surface area contributed by atoms with Gasteiger partial charge in [-0.15, -0.1) is 0 Å². The summed E-state index contributed by atoms with van der Waals surface area (Å²) in [5, 5.41) is 1.19. The van der Waals surface area contributed by atoms with Gasteiger partial charge in [0.25, 0.3) is 0 Å². The van der Waals surface area contributed by atoms with Crippen LogP contribution in [0, 0.1) is 0 Å². The summed E-state index contributed by atoms with van der Waals surface area (Å²) in [4.78, 5) is 9.04. The normalized spacial score (nSPS) is 19.4. The Kier molecular flexibility index (Phi) is 2.48. The van der Waals surface area contributed by atoms with Gasteiger partial charge in [0, 0.05) is 17.8 Å². The largest absolute Gasteiger partial charge is 0.284 e. The Morgan fingerprint density at radius 3 is 2.94 bits per heavy atom. The summed E-state index contributed by atoms with van der Waals surface area (Å²) < 4.78 is 0. The summed E-state index contributed by atoms with van der Waals surface area (Å²) in [6.45, 7) is 2.08. The van der Waals surface area contributed by atoms with Crippen molar-refractivity contribution in [1.29, 1.82) is 0 Å². The molecule has 17 heavy (non-hydrogen) atoms. The monoisotopic (exact) mass is 222 g/mol. The second-order valence-electron chi connectivity index (χ2n) is 4.44. The third kappa shape index (κ3) is 1.98. The highest BCUT2D eigenvalue weighted by Crippen LogP contribution is 2.26. The van der Waals surface area contributed by atoms with E-state index in [2.05, 4.69) is 35.1 Å². The zero-order chi connectivity index (χ0) is 11.7. The summed E-state index contributed by atoms with van der Waals surface area (Å²) in [6.07, 6.45) is 7.09. The molecular weight excluding hydrogens is 208 g/mol. The first-order valence-electron chi connectivity index (χ1n) is 5.87. The number of aromatic nitrogens is 1. The number of pyridine rings is 1. The lowest BCUT2D eigenvalue weighted by molar-refractivity contribution is 0.733. The molecular formula is C15H14N2. The molecule has 84 valence electrons. The van der Waals surface area contributed by atoms with Gasteiger partial charge in [-0.25, -0.2) is 0 Å². The minimum Gasteiger partial charge on any atom is -0.284 e. The summed E-state index contributed by atoms with van der Waals surface area (Å²) in [6, 6.07) is 10.6. The van der Waals surface area contributed by atoms with Gasteiger partial charge in [0.2, 0.25) is 0 Å². The molecule has 0 saturated heterocycles. The van der Waals surface area contributed by atoms with Crippen LogP contribution in [0.5, 0.6) is 0 Å². The molecule has 2 heteroatoms. The van der Waals surface area contributed by atoms with Crippen molar-refractivity contribution in [2.45, 2.75) is 19.4 Å². The summed E-state index contributed by atoms with van der Waals surface area (Å²) in [7, 11) is 0. The van der Waals surface area contributed by atoms with Crippen molar-refractivity contribution in [3.05, 3.63) is 53.7 Å². The molecule has 1 aromatic carbocycles. The molecule has 0 spiro atoms. The molecule has 0 radical (unpaired) electrons. The quantitative estimate of drug-likeness (QED) is 0.722. The van der Waals surface area contributed by atoms with Crippen LogP contribution in [0.3, 0.4) is 0 Å². The summed E-state index contributed by atoms with van der Waals surface area (Å²) in [5.41, 5.74) is 3.49. The molecule has 0 aliphatic carbocycles. The fourth-order valence-corrected chi connectivity index (χ4v) is 2.11. The number of fused-ring (bicyclic) bond motifs is 1. The van der Waals surface area contributed by atoms with Crippen LogP contribution >= 0.6 is 0 Å². The lowest BCUT2D eigenvalue weighted by atomic mass is 10.0. The van der Waals surface area contributed by atoms with E-state index in [0.717, 1.165) is 11.9 Å². The van der Waals surface area contributed by atoms with E-state index in [9.17, 15) is 0 Å². The average Bonchev–Trinajstić information content (AvgIpc) is 2.39. The fraction of sp³-hybridized carbons (Fsp3) is 0.200. The number of dihydropyridines is 1. The number of nitrogens with zero attached hydrogens (tertiary/aromatic N) is 2. The maximum absolute atomic E-state index is 4.55. The van der Waals surface area contributed by atoms with Gasteiger partial charge in [0.15, 0.2) is 0 Å². The van der Waals surface area contributed by atoms with Crippen LogP contribution in [-0.2, 0) is 0 Å². The molecule has 2 aromatic rings. The molecule has 1 aliphatic heterocycles. The number of aliphatic imine (C=N–C) groups is 1. The van der Waals surface area contributed by atoms with Gasteiger partial charge in [-0.1, -0.05) is 24.3 Å². The Hall–Kier alpha value is -1.96. The molecule has 0 saturated carbocycles. The number of hydrogen-bond donors (Lipinski definition) is 0. The maximum Gasteiger partial charge on any atom is 0.0798 e. The number of rotatable bonds is 1. The fourth-order valence-electron chi connectivity index (χ4n) is 2.11. The second kappa shape index (κ2) is 4.13. The highest BCUT2D eigenvalue weighted by atomic mass is 14.8. The van der Waals surface area contributed by atoms with Crippen molar-refractivity contribution in [2.75, 3.05) is 0 Å². The molecule has 1 atom stereocenters. The van der Waals surface area contributed by atoms with Gasteiger partial charge in [-0.2, -0.15) is 0 Å². The predicted octanol–water partition coefficient (Wildman–Crippen LogP) is 3.70. The van der Waals surface area contributed by atoms with Gasteiger partial charge < -0.3 is 0 Å². The van der Waals surface area contributed by atoms with Crippen molar-refractivity contribution < 1.29 is 0 Å². The standard InChI is InChI=1S/C15H14N2/c1-11-6-7-15(16-9-11)13-8-12-4-2-3-5-14(12)17-10-13/h2-6,8-10,15H,7H2,1H3. The lowest BCUT2D eigenvalue weighted by Crippen LogP contribution is -2.01. The molecule has 0 bridgehead atoms. The summed E-state index contributed by atoms with van der Waals surface area (Å²) >= 11 is 0. The molecule has 2 nitrogen and oxygen atoms in total. The van der Waals surface area contributed by atoms with Crippen LogP contribution in [0.4, 0.5) is 0 Å². The van der Waals surface area contributed by atoms with Crippen molar-refractivity contribution in [1.82, 2.24) is 4.98 Å². The highest BCUT2D eigenvalue weighted by Gasteiger charge is 2.11. The third-order valence-corrected chi connectivity index (χ3v) is 3.12. The Labute approximate surface area is 101 Å². The van der Waals surface area contributed by atoms with E-state index in [0.29, 0.717) is 0 Å². The van der Waals surface area contributed by atoms with E-state index in [1.54, 1.807) is 0 Å².